The van der Waals surface area contributed by atoms with Crippen LogP contribution in [0.1, 0.15) is 6.42 Å². The summed E-state index contributed by atoms with van der Waals surface area (Å²) < 4.78 is 0. The van der Waals surface area contributed by atoms with Crippen molar-refractivity contribution in [3.05, 3.63) is 0 Å². The van der Waals surface area contributed by atoms with E-state index < -0.39 is 12.0 Å². The van der Waals surface area contributed by atoms with Crippen LogP contribution in [0.5, 0.6) is 0 Å². The van der Waals surface area contributed by atoms with Gasteiger partial charge in [-0.25, -0.2) is 0 Å². The van der Waals surface area contributed by atoms with Crippen molar-refractivity contribution in [2.45, 2.75) is 12.5 Å². The van der Waals surface area contributed by atoms with Gasteiger partial charge in [-0.2, -0.15) is 0 Å². The van der Waals surface area contributed by atoms with E-state index in [4.69, 9.17) is 5.11 Å². The minimum Gasteiger partial charge on any atom is -0.481 e. The number of rotatable bonds is 5. The molecule has 0 saturated carbocycles. The molecule has 1 amide bonds. The van der Waals surface area contributed by atoms with Crippen molar-refractivity contribution in [2.75, 3.05) is 40.3 Å². The Bertz CT molecular complexity index is 268. The first kappa shape index (κ1) is 12.9. The van der Waals surface area contributed by atoms with E-state index >= 15 is 0 Å². The third kappa shape index (κ3) is 3.79. The topological polar surface area (TPSA) is 72.9 Å². The first-order valence-electron chi connectivity index (χ1n) is 5.39. The number of carbonyl (C=O) groups excluding carboxylic acids is 1. The molecule has 6 heteroatoms. The van der Waals surface area contributed by atoms with Gasteiger partial charge in [0, 0.05) is 26.2 Å². The highest BCUT2D eigenvalue weighted by atomic mass is 16.4. The summed E-state index contributed by atoms with van der Waals surface area (Å²) in [7, 11) is 3.91. The SMILES string of the molecule is CN(C)CCN1CCNC(=O)C1CC(=O)O. The summed E-state index contributed by atoms with van der Waals surface area (Å²) in [5.74, 6) is -1.11. The van der Waals surface area contributed by atoms with Crippen LogP contribution in [0, 0.1) is 0 Å². The molecule has 1 saturated heterocycles. The number of aliphatic carboxylic acids is 1. The molecule has 1 aliphatic rings. The van der Waals surface area contributed by atoms with E-state index in [0.29, 0.717) is 6.54 Å². The lowest BCUT2D eigenvalue weighted by Gasteiger charge is -2.34. The number of carboxylic acid groups (broad SMARTS) is 1. The summed E-state index contributed by atoms with van der Waals surface area (Å²) >= 11 is 0. The van der Waals surface area contributed by atoms with Gasteiger partial charge in [0.1, 0.15) is 0 Å². The second kappa shape index (κ2) is 5.81. The number of nitrogens with one attached hydrogen (secondary N) is 1. The Morgan fingerprint density at radius 1 is 1.62 bits per heavy atom. The zero-order valence-electron chi connectivity index (χ0n) is 9.77. The average Bonchev–Trinajstić information content (AvgIpc) is 2.18. The maximum atomic E-state index is 11.6. The van der Waals surface area contributed by atoms with Crippen LogP contribution in [0.15, 0.2) is 0 Å². The van der Waals surface area contributed by atoms with Crippen molar-refractivity contribution in [1.82, 2.24) is 15.1 Å². The quantitative estimate of drug-likeness (QED) is 0.621. The van der Waals surface area contributed by atoms with E-state index in [1.807, 2.05) is 23.9 Å². The lowest BCUT2D eigenvalue weighted by atomic mass is 10.1. The Hall–Kier alpha value is -1.14. The second-order valence-corrected chi connectivity index (χ2v) is 4.24. The second-order valence-electron chi connectivity index (χ2n) is 4.24. The Morgan fingerprint density at radius 2 is 2.31 bits per heavy atom. The predicted molar refractivity (Wildman–Crippen MR) is 59.2 cm³/mol. The molecule has 1 unspecified atom stereocenters. The monoisotopic (exact) mass is 229 g/mol. The smallest absolute Gasteiger partial charge is 0.305 e. The zero-order valence-corrected chi connectivity index (χ0v) is 9.77. The summed E-state index contributed by atoms with van der Waals surface area (Å²) in [4.78, 5) is 26.2. The maximum Gasteiger partial charge on any atom is 0.305 e. The van der Waals surface area contributed by atoms with Gasteiger partial charge in [-0.3, -0.25) is 14.5 Å². The van der Waals surface area contributed by atoms with E-state index in [1.165, 1.54) is 0 Å². The molecular weight excluding hydrogens is 210 g/mol. The number of hydrogen-bond donors (Lipinski definition) is 2. The van der Waals surface area contributed by atoms with Crippen molar-refractivity contribution >= 4 is 11.9 Å². The molecule has 92 valence electrons. The third-order valence-corrected chi connectivity index (χ3v) is 2.64. The fourth-order valence-electron chi connectivity index (χ4n) is 1.75. The number of hydrogen-bond acceptors (Lipinski definition) is 4. The van der Waals surface area contributed by atoms with Gasteiger partial charge in [-0.05, 0) is 14.1 Å². The number of likely N-dealkylation sites (N-methyl/N-ethyl adjacent to an activating group) is 1. The Balaban J connectivity index is 2.55. The average molecular weight is 229 g/mol. The van der Waals surface area contributed by atoms with Crippen molar-refractivity contribution in [3.8, 4) is 0 Å². The highest BCUT2D eigenvalue weighted by molar-refractivity contribution is 5.86. The molecule has 0 aromatic heterocycles. The Morgan fingerprint density at radius 3 is 2.88 bits per heavy atom. The molecule has 0 aromatic rings. The largest absolute Gasteiger partial charge is 0.481 e. The first-order valence-corrected chi connectivity index (χ1v) is 5.39. The van der Waals surface area contributed by atoms with Gasteiger partial charge in [-0.15, -0.1) is 0 Å². The lowest BCUT2D eigenvalue weighted by molar-refractivity contribution is -0.143. The molecule has 2 N–H and O–H groups in total. The molecule has 0 bridgehead atoms. The predicted octanol–water partition coefficient (Wildman–Crippen LogP) is -1.18. The van der Waals surface area contributed by atoms with Gasteiger partial charge in [0.2, 0.25) is 5.91 Å². The number of nitrogens with zero attached hydrogens (tertiary/aromatic N) is 2. The number of amides is 1. The summed E-state index contributed by atoms with van der Waals surface area (Å²) in [5, 5.41) is 11.5. The van der Waals surface area contributed by atoms with Crippen LogP contribution in [0.4, 0.5) is 0 Å². The van der Waals surface area contributed by atoms with Gasteiger partial charge >= 0.3 is 5.97 Å². The Labute approximate surface area is 95.2 Å². The van der Waals surface area contributed by atoms with Crippen LogP contribution in [0.3, 0.4) is 0 Å². The van der Waals surface area contributed by atoms with E-state index in [0.717, 1.165) is 19.6 Å². The van der Waals surface area contributed by atoms with E-state index in [2.05, 4.69) is 5.32 Å². The van der Waals surface area contributed by atoms with Crippen LogP contribution in [0.2, 0.25) is 0 Å². The molecule has 0 aromatic carbocycles. The number of carbonyl (C=O) groups is 2. The van der Waals surface area contributed by atoms with Crippen LogP contribution < -0.4 is 5.32 Å². The van der Waals surface area contributed by atoms with Crippen molar-refractivity contribution < 1.29 is 14.7 Å². The zero-order chi connectivity index (χ0) is 12.1. The van der Waals surface area contributed by atoms with Gasteiger partial charge < -0.3 is 15.3 Å². The van der Waals surface area contributed by atoms with E-state index in [9.17, 15) is 9.59 Å². The summed E-state index contributed by atoms with van der Waals surface area (Å²) in [6, 6.07) is -0.522. The normalized spacial score (nSPS) is 22.2. The van der Waals surface area contributed by atoms with E-state index in [1.54, 1.807) is 0 Å². The van der Waals surface area contributed by atoms with Gasteiger partial charge in [0.05, 0.1) is 12.5 Å². The van der Waals surface area contributed by atoms with Crippen LogP contribution in [0.25, 0.3) is 0 Å². The molecule has 1 fully saturated rings. The fourth-order valence-corrected chi connectivity index (χ4v) is 1.75. The van der Waals surface area contributed by atoms with E-state index in [-0.39, 0.29) is 12.3 Å². The van der Waals surface area contributed by atoms with Gasteiger partial charge in [0.15, 0.2) is 0 Å². The van der Waals surface area contributed by atoms with Crippen molar-refractivity contribution in [3.63, 3.8) is 0 Å². The van der Waals surface area contributed by atoms with Gasteiger partial charge in [-0.1, -0.05) is 0 Å². The standard InChI is InChI=1S/C10H19N3O3/c1-12(2)5-6-13-4-3-11-10(16)8(13)7-9(14)15/h8H,3-7H2,1-2H3,(H,11,16)(H,14,15). The molecule has 0 radical (unpaired) electrons. The summed E-state index contributed by atoms with van der Waals surface area (Å²) in [5.41, 5.74) is 0. The molecular formula is C10H19N3O3. The van der Waals surface area contributed by atoms with Gasteiger partial charge in [0.25, 0.3) is 0 Å². The highest BCUT2D eigenvalue weighted by Gasteiger charge is 2.31. The minimum absolute atomic E-state index is 0.126. The molecule has 1 atom stereocenters. The first-order chi connectivity index (χ1) is 7.50. The molecule has 1 rings (SSSR count). The number of carboxylic acids is 1. The van der Waals surface area contributed by atoms with Crippen molar-refractivity contribution in [1.29, 1.82) is 0 Å². The van der Waals surface area contributed by atoms with Crippen LogP contribution in [-0.2, 0) is 9.59 Å². The fraction of sp³-hybridized carbons (Fsp3) is 0.800. The molecule has 1 aliphatic heterocycles. The minimum atomic E-state index is -0.933. The number of piperazine rings is 1. The molecule has 0 spiro atoms. The van der Waals surface area contributed by atoms with Crippen molar-refractivity contribution in [2.24, 2.45) is 0 Å². The van der Waals surface area contributed by atoms with Crippen LogP contribution >= 0.6 is 0 Å². The Kier molecular flexibility index (Phi) is 4.70. The molecule has 6 nitrogen and oxygen atoms in total. The highest BCUT2D eigenvalue weighted by Crippen LogP contribution is 2.08. The third-order valence-electron chi connectivity index (χ3n) is 2.64. The molecule has 16 heavy (non-hydrogen) atoms. The molecule has 0 aliphatic carbocycles. The summed E-state index contributed by atoms with van der Waals surface area (Å²) in [6.07, 6.45) is -0.126. The molecule has 1 heterocycles. The summed E-state index contributed by atoms with van der Waals surface area (Å²) in [6.45, 7) is 2.86. The lowest BCUT2D eigenvalue weighted by Crippen LogP contribution is -2.57. The van der Waals surface area contributed by atoms with Crippen LogP contribution in [-0.4, -0.2) is 73.1 Å². The maximum absolute atomic E-state index is 11.6.